The Kier molecular flexibility index (Phi) is 7.60. The van der Waals surface area contributed by atoms with Crippen molar-refractivity contribution in [2.24, 2.45) is 10.7 Å². The summed E-state index contributed by atoms with van der Waals surface area (Å²) >= 11 is 0. The first-order chi connectivity index (χ1) is 13.8. The monoisotopic (exact) mass is 509 g/mol. The third kappa shape index (κ3) is 5.33. The fourth-order valence-corrected chi connectivity index (χ4v) is 3.80. The molecule has 2 heterocycles. The van der Waals surface area contributed by atoms with Crippen molar-refractivity contribution in [1.82, 2.24) is 5.32 Å². The zero-order valence-corrected chi connectivity index (χ0v) is 18.8. The number of nitrogens with one attached hydrogen (secondary N) is 1. The van der Waals surface area contributed by atoms with Crippen LogP contribution in [0.4, 0.5) is 0 Å². The van der Waals surface area contributed by atoms with Gasteiger partial charge in [0.1, 0.15) is 0 Å². The normalized spacial score (nSPS) is 17.4. The summed E-state index contributed by atoms with van der Waals surface area (Å²) < 4.78 is 16.6. The van der Waals surface area contributed by atoms with Crippen LogP contribution >= 0.6 is 24.0 Å². The number of rotatable bonds is 6. The van der Waals surface area contributed by atoms with Crippen LogP contribution in [0.1, 0.15) is 24.0 Å². The molecule has 29 heavy (non-hydrogen) atoms. The molecular formula is C22H28IN3O3. The SMILES string of the molecule is I.NC(=NCC1(c2ccc3c(c2)OCO3)CCOCC1)NCCc1ccccc1. The van der Waals surface area contributed by atoms with Gasteiger partial charge in [-0.15, -0.1) is 24.0 Å². The van der Waals surface area contributed by atoms with Crippen LogP contribution < -0.4 is 20.5 Å². The van der Waals surface area contributed by atoms with E-state index in [4.69, 9.17) is 19.9 Å². The highest BCUT2D eigenvalue weighted by molar-refractivity contribution is 14.0. The fraction of sp³-hybridized carbons (Fsp3) is 0.409. The van der Waals surface area contributed by atoms with Gasteiger partial charge in [0.15, 0.2) is 17.5 Å². The van der Waals surface area contributed by atoms with Crippen LogP contribution in [0.25, 0.3) is 0 Å². The summed E-state index contributed by atoms with van der Waals surface area (Å²) in [5, 5.41) is 3.23. The van der Waals surface area contributed by atoms with Crippen molar-refractivity contribution < 1.29 is 14.2 Å². The van der Waals surface area contributed by atoms with Gasteiger partial charge in [-0.3, -0.25) is 4.99 Å². The molecule has 0 amide bonds. The predicted molar refractivity (Wildman–Crippen MR) is 124 cm³/mol. The molecule has 1 saturated heterocycles. The minimum absolute atomic E-state index is 0. The highest BCUT2D eigenvalue weighted by atomic mass is 127. The second-order valence-corrected chi connectivity index (χ2v) is 7.32. The number of benzene rings is 2. The number of nitrogens with two attached hydrogens (primary N) is 1. The number of hydrogen-bond donors (Lipinski definition) is 2. The fourth-order valence-electron chi connectivity index (χ4n) is 3.80. The van der Waals surface area contributed by atoms with Gasteiger partial charge in [-0.1, -0.05) is 36.4 Å². The van der Waals surface area contributed by atoms with E-state index >= 15 is 0 Å². The third-order valence-electron chi connectivity index (χ3n) is 5.55. The number of fused-ring (bicyclic) bond motifs is 1. The van der Waals surface area contributed by atoms with Crippen LogP contribution in [0.15, 0.2) is 53.5 Å². The second-order valence-electron chi connectivity index (χ2n) is 7.32. The molecule has 0 saturated carbocycles. The van der Waals surface area contributed by atoms with Gasteiger partial charge >= 0.3 is 0 Å². The Balaban J connectivity index is 0.00000240. The number of guanidine groups is 1. The summed E-state index contributed by atoms with van der Waals surface area (Å²) in [6, 6.07) is 16.5. The lowest BCUT2D eigenvalue weighted by atomic mass is 9.74. The average Bonchev–Trinajstić information content (AvgIpc) is 3.22. The van der Waals surface area contributed by atoms with Crippen molar-refractivity contribution >= 4 is 29.9 Å². The van der Waals surface area contributed by atoms with Crippen molar-refractivity contribution in [1.29, 1.82) is 0 Å². The highest BCUT2D eigenvalue weighted by Gasteiger charge is 2.35. The quantitative estimate of drug-likeness (QED) is 0.355. The van der Waals surface area contributed by atoms with Crippen LogP contribution in [-0.2, 0) is 16.6 Å². The Bertz CT molecular complexity index is 823. The summed E-state index contributed by atoms with van der Waals surface area (Å²) in [5.74, 6) is 2.10. The average molecular weight is 509 g/mol. The van der Waals surface area contributed by atoms with Crippen molar-refractivity contribution in [3.8, 4) is 11.5 Å². The Morgan fingerprint density at radius 2 is 1.79 bits per heavy atom. The topological polar surface area (TPSA) is 78.1 Å². The summed E-state index contributed by atoms with van der Waals surface area (Å²) in [7, 11) is 0. The van der Waals surface area contributed by atoms with E-state index in [1.807, 2.05) is 24.3 Å². The second kappa shape index (κ2) is 10.2. The summed E-state index contributed by atoms with van der Waals surface area (Å²) in [6.07, 6.45) is 2.74. The van der Waals surface area contributed by atoms with Gasteiger partial charge < -0.3 is 25.3 Å². The lowest BCUT2D eigenvalue weighted by molar-refractivity contribution is 0.0530. The molecule has 7 heteroatoms. The molecule has 3 N–H and O–H groups in total. The zero-order valence-electron chi connectivity index (χ0n) is 16.4. The minimum atomic E-state index is -0.0923. The predicted octanol–water partition coefficient (Wildman–Crippen LogP) is 3.23. The van der Waals surface area contributed by atoms with Crippen LogP contribution in [0, 0.1) is 0 Å². The summed E-state index contributed by atoms with van der Waals surface area (Å²) in [5.41, 5.74) is 8.54. The Labute approximate surface area is 188 Å². The van der Waals surface area contributed by atoms with E-state index in [0.717, 1.165) is 50.5 Å². The Hall–Kier alpha value is -2.00. The first kappa shape index (κ1) is 21.7. The van der Waals surface area contributed by atoms with Gasteiger partial charge in [0.25, 0.3) is 0 Å². The smallest absolute Gasteiger partial charge is 0.231 e. The number of nitrogens with zero attached hydrogens (tertiary/aromatic N) is 1. The maximum Gasteiger partial charge on any atom is 0.231 e. The Morgan fingerprint density at radius 3 is 2.59 bits per heavy atom. The van der Waals surface area contributed by atoms with E-state index in [-0.39, 0.29) is 36.2 Å². The highest BCUT2D eigenvalue weighted by Crippen LogP contribution is 2.41. The van der Waals surface area contributed by atoms with Crippen LogP contribution in [0.5, 0.6) is 11.5 Å². The number of halogens is 1. The van der Waals surface area contributed by atoms with E-state index in [2.05, 4.69) is 34.6 Å². The number of aliphatic imine (C=N–C) groups is 1. The van der Waals surface area contributed by atoms with Gasteiger partial charge in [0.2, 0.25) is 6.79 Å². The van der Waals surface area contributed by atoms with Crippen molar-refractivity contribution in [2.75, 3.05) is 33.1 Å². The van der Waals surface area contributed by atoms with Gasteiger partial charge in [0, 0.05) is 25.2 Å². The molecule has 156 valence electrons. The third-order valence-corrected chi connectivity index (χ3v) is 5.55. The lowest BCUT2D eigenvalue weighted by Crippen LogP contribution is -2.39. The van der Waals surface area contributed by atoms with Gasteiger partial charge in [-0.25, -0.2) is 0 Å². The molecule has 0 spiro atoms. The van der Waals surface area contributed by atoms with Gasteiger partial charge in [-0.2, -0.15) is 0 Å². The molecule has 2 aromatic carbocycles. The first-order valence-corrected chi connectivity index (χ1v) is 9.81. The molecule has 2 aliphatic rings. The van der Waals surface area contributed by atoms with E-state index in [1.165, 1.54) is 11.1 Å². The zero-order chi connectivity index (χ0) is 19.2. The largest absolute Gasteiger partial charge is 0.454 e. The first-order valence-electron chi connectivity index (χ1n) is 9.81. The molecular weight excluding hydrogens is 481 g/mol. The van der Waals surface area contributed by atoms with Crippen molar-refractivity contribution in [2.45, 2.75) is 24.7 Å². The molecule has 4 rings (SSSR count). The van der Waals surface area contributed by atoms with Crippen LogP contribution in [0.3, 0.4) is 0 Å². The lowest BCUT2D eigenvalue weighted by Gasteiger charge is -2.36. The maximum absolute atomic E-state index is 6.15. The van der Waals surface area contributed by atoms with Gasteiger partial charge in [-0.05, 0) is 42.5 Å². The van der Waals surface area contributed by atoms with Gasteiger partial charge in [0.05, 0.1) is 6.54 Å². The Morgan fingerprint density at radius 1 is 1.03 bits per heavy atom. The van der Waals surface area contributed by atoms with Crippen molar-refractivity contribution in [3.05, 3.63) is 59.7 Å². The molecule has 1 fully saturated rings. The van der Waals surface area contributed by atoms with E-state index in [0.29, 0.717) is 12.5 Å². The maximum atomic E-state index is 6.15. The van der Waals surface area contributed by atoms with E-state index in [1.54, 1.807) is 0 Å². The molecule has 0 unspecified atom stereocenters. The summed E-state index contributed by atoms with van der Waals surface area (Å²) in [4.78, 5) is 4.68. The standard InChI is InChI=1S/C22H27N3O3.HI/c23-21(24-11-8-17-4-2-1-3-5-17)25-15-22(9-12-26-13-10-22)18-6-7-19-20(14-18)28-16-27-19;/h1-7,14H,8-13,15-16H2,(H3,23,24,25);1H. The van der Waals surface area contributed by atoms with E-state index < -0.39 is 0 Å². The van der Waals surface area contributed by atoms with Crippen molar-refractivity contribution in [3.63, 3.8) is 0 Å². The molecule has 0 bridgehead atoms. The van der Waals surface area contributed by atoms with Crippen LogP contribution in [-0.4, -0.2) is 39.1 Å². The molecule has 0 radical (unpaired) electrons. The minimum Gasteiger partial charge on any atom is -0.454 e. The number of hydrogen-bond acceptors (Lipinski definition) is 4. The molecule has 6 nitrogen and oxygen atoms in total. The van der Waals surface area contributed by atoms with Crippen LogP contribution in [0.2, 0.25) is 0 Å². The molecule has 0 aliphatic carbocycles. The molecule has 2 aliphatic heterocycles. The molecule has 0 aromatic heterocycles. The molecule has 2 aromatic rings. The number of ether oxygens (including phenoxy) is 3. The molecule has 0 atom stereocenters. The summed E-state index contributed by atoms with van der Waals surface area (Å²) in [6.45, 7) is 3.13. The van der Waals surface area contributed by atoms with E-state index in [9.17, 15) is 0 Å².